The van der Waals surface area contributed by atoms with Crippen molar-refractivity contribution in [3.63, 3.8) is 0 Å². The molecule has 0 radical (unpaired) electrons. The monoisotopic (exact) mass is 341 g/mol. The Morgan fingerprint density at radius 1 is 1.17 bits per heavy atom. The third-order valence-corrected chi connectivity index (χ3v) is 3.01. The van der Waals surface area contributed by atoms with E-state index in [4.69, 9.17) is 5.73 Å². The van der Waals surface area contributed by atoms with Gasteiger partial charge in [0.1, 0.15) is 11.6 Å². The fourth-order valence-corrected chi connectivity index (χ4v) is 1.91. The molecule has 0 saturated carbocycles. The van der Waals surface area contributed by atoms with Crippen molar-refractivity contribution in [2.75, 3.05) is 5.32 Å². The van der Waals surface area contributed by atoms with Gasteiger partial charge in [0.05, 0.1) is 6.54 Å². The van der Waals surface area contributed by atoms with E-state index in [0.717, 1.165) is 17.7 Å². The lowest BCUT2D eigenvalue weighted by Crippen LogP contribution is -2.22. The maximum Gasteiger partial charge on any atom is 0.573 e. The molecule has 0 bridgehead atoms. The van der Waals surface area contributed by atoms with Crippen LogP contribution in [0.3, 0.4) is 0 Å². The Kier molecular flexibility index (Phi) is 5.28. The van der Waals surface area contributed by atoms with Crippen LogP contribution < -0.4 is 15.8 Å². The zero-order valence-electron chi connectivity index (χ0n) is 12.7. The molecule has 128 valence electrons. The van der Waals surface area contributed by atoms with E-state index in [1.54, 1.807) is 19.1 Å². The Balaban J connectivity index is 1.95. The number of alkyl halides is 3. The Morgan fingerprint density at radius 3 is 2.42 bits per heavy atom. The quantitative estimate of drug-likeness (QED) is 0.503. The molecule has 2 aromatic carbocycles. The standard InChI is InChI=1S/C16H15F4N3O/c1-10-8-11(2-7-14(10)17)9-22-15(21)23-12-3-5-13(6-4-12)24-16(18,19)20/h2-8H,9H2,1H3,(H3,21,22,23). The number of nitrogens with zero attached hydrogens (tertiary/aromatic N) is 1. The topological polar surface area (TPSA) is 59.6 Å². The van der Waals surface area contributed by atoms with Crippen LogP contribution >= 0.6 is 0 Å². The van der Waals surface area contributed by atoms with Gasteiger partial charge in [0, 0.05) is 5.69 Å². The maximum absolute atomic E-state index is 13.2. The first-order valence-electron chi connectivity index (χ1n) is 6.91. The fraction of sp³-hybridized carbons (Fsp3) is 0.188. The molecule has 8 heteroatoms. The van der Waals surface area contributed by atoms with Gasteiger partial charge in [0.15, 0.2) is 5.96 Å². The van der Waals surface area contributed by atoms with Crippen LogP contribution in [0.2, 0.25) is 0 Å². The van der Waals surface area contributed by atoms with E-state index < -0.39 is 6.36 Å². The zero-order chi connectivity index (χ0) is 17.7. The summed E-state index contributed by atoms with van der Waals surface area (Å²) in [5.41, 5.74) is 7.47. The number of hydrogen-bond acceptors (Lipinski definition) is 2. The summed E-state index contributed by atoms with van der Waals surface area (Å²) >= 11 is 0. The normalized spacial score (nSPS) is 12.1. The van der Waals surface area contributed by atoms with E-state index in [2.05, 4.69) is 15.0 Å². The van der Waals surface area contributed by atoms with Crippen molar-refractivity contribution in [3.05, 3.63) is 59.4 Å². The summed E-state index contributed by atoms with van der Waals surface area (Å²) in [5.74, 6) is -0.540. The third-order valence-electron chi connectivity index (χ3n) is 3.01. The zero-order valence-corrected chi connectivity index (χ0v) is 12.7. The molecule has 0 fully saturated rings. The summed E-state index contributed by atoms with van der Waals surface area (Å²) in [5, 5.41) is 2.75. The van der Waals surface area contributed by atoms with Crippen LogP contribution in [0.15, 0.2) is 47.5 Å². The van der Waals surface area contributed by atoms with Crippen molar-refractivity contribution in [2.24, 2.45) is 10.7 Å². The first-order chi connectivity index (χ1) is 11.2. The van der Waals surface area contributed by atoms with Crippen molar-refractivity contribution in [2.45, 2.75) is 19.8 Å². The number of nitrogens with one attached hydrogen (secondary N) is 1. The number of guanidine groups is 1. The molecule has 2 aromatic rings. The van der Waals surface area contributed by atoms with E-state index in [1.165, 1.54) is 18.2 Å². The maximum atomic E-state index is 13.2. The van der Waals surface area contributed by atoms with Crippen molar-refractivity contribution < 1.29 is 22.3 Å². The summed E-state index contributed by atoms with van der Waals surface area (Å²) in [6.07, 6.45) is -4.73. The SMILES string of the molecule is Cc1cc(CN=C(N)Nc2ccc(OC(F)(F)F)cc2)ccc1F. The number of nitrogens with two attached hydrogens (primary N) is 1. The molecule has 0 aliphatic rings. The van der Waals surface area contributed by atoms with Crippen LogP contribution in [0.5, 0.6) is 5.75 Å². The van der Waals surface area contributed by atoms with Gasteiger partial charge in [-0.05, 0) is 48.4 Å². The molecule has 0 saturated heterocycles. The smallest absolute Gasteiger partial charge is 0.406 e. The van der Waals surface area contributed by atoms with Gasteiger partial charge < -0.3 is 15.8 Å². The number of ether oxygens (including phenoxy) is 1. The van der Waals surface area contributed by atoms with E-state index >= 15 is 0 Å². The Bertz CT molecular complexity index is 727. The molecular formula is C16H15F4N3O. The lowest BCUT2D eigenvalue weighted by molar-refractivity contribution is -0.274. The van der Waals surface area contributed by atoms with Crippen molar-refractivity contribution in [3.8, 4) is 5.75 Å². The Labute approximate surface area is 136 Å². The highest BCUT2D eigenvalue weighted by Crippen LogP contribution is 2.23. The predicted molar refractivity (Wildman–Crippen MR) is 83.2 cm³/mol. The molecule has 0 atom stereocenters. The van der Waals surface area contributed by atoms with Crippen molar-refractivity contribution in [1.82, 2.24) is 0 Å². The average Bonchev–Trinajstić information content (AvgIpc) is 2.49. The first kappa shape index (κ1) is 17.6. The van der Waals surface area contributed by atoms with E-state index in [-0.39, 0.29) is 24.1 Å². The van der Waals surface area contributed by atoms with Gasteiger partial charge in [0.2, 0.25) is 0 Å². The molecule has 0 aliphatic carbocycles. The number of aliphatic imine (C=N–C) groups is 1. The molecular weight excluding hydrogens is 326 g/mol. The van der Waals surface area contributed by atoms with Gasteiger partial charge >= 0.3 is 6.36 Å². The Hall–Kier alpha value is -2.77. The summed E-state index contributed by atoms with van der Waals surface area (Å²) < 4.78 is 53.1. The molecule has 0 heterocycles. The summed E-state index contributed by atoms with van der Waals surface area (Å²) in [6.45, 7) is 1.89. The van der Waals surface area contributed by atoms with E-state index in [9.17, 15) is 17.6 Å². The summed E-state index contributed by atoms with van der Waals surface area (Å²) in [7, 11) is 0. The average molecular weight is 341 g/mol. The van der Waals surface area contributed by atoms with Crippen molar-refractivity contribution >= 4 is 11.6 Å². The fourth-order valence-electron chi connectivity index (χ4n) is 1.91. The van der Waals surface area contributed by atoms with Gasteiger partial charge in [-0.3, -0.25) is 0 Å². The highest BCUT2D eigenvalue weighted by atomic mass is 19.4. The van der Waals surface area contributed by atoms with Crippen LogP contribution in [-0.4, -0.2) is 12.3 Å². The molecule has 4 nitrogen and oxygen atoms in total. The second-order valence-corrected chi connectivity index (χ2v) is 4.98. The highest BCUT2D eigenvalue weighted by Gasteiger charge is 2.30. The largest absolute Gasteiger partial charge is 0.573 e. The second kappa shape index (κ2) is 7.20. The summed E-state index contributed by atoms with van der Waals surface area (Å²) in [4.78, 5) is 4.09. The second-order valence-electron chi connectivity index (χ2n) is 4.98. The van der Waals surface area contributed by atoms with Gasteiger partial charge in [-0.1, -0.05) is 12.1 Å². The lowest BCUT2D eigenvalue weighted by atomic mass is 10.1. The number of aryl methyl sites for hydroxylation is 1. The number of benzene rings is 2. The van der Waals surface area contributed by atoms with Gasteiger partial charge in [0.25, 0.3) is 0 Å². The molecule has 24 heavy (non-hydrogen) atoms. The molecule has 0 spiro atoms. The molecule has 0 unspecified atom stereocenters. The summed E-state index contributed by atoms with van der Waals surface area (Å²) in [6, 6.07) is 9.69. The Morgan fingerprint density at radius 2 is 1.83 bits per heavy atom. The van der Waals surface area contributed by atoms with Crippen LogP contribution in [0, 0.1) is 12.7 Å². The van der Waals surface area contributed by atoms with Gasteiger partial charge in [-0.2, -0.15) is 0 Å². The van der Waals surface area contributed by atoms with Crippen LogP contribution in [-0.2, 0) is 6.54 Å². The number of hydrogen-bond donors (Lipinski definition) is 2. The number of rotatable bonds is 4. The van der Waals surface area contributed by atoms with Crippen LogP contribution in [0.4, 0.5) is 23.2 Å². The molecule has 0 amide bonds. The van der Waals surface area contributed by atoms with Crippen molar-refractivity contribution in [1.29, 1.82) is 0 Å². The first-order valence-corrected chi connectivity index (χ1v) is 6.91. The molecule has 0 aliphatic heterocycles. The minimum atomic E-state index is -4.73. The van der Waals surface area contributed by atoms with Gasteiger partial charge in [-0.25, -0.2) is 9.38 Å². The molecule has 2 rings (SSSR count). The van der Waals surface area contributed by atoms with E-state index in [0.29, 0.717) is 11.3 Å². The number of halogens is 4. The molecule has 0 aromatic heterocycles. The highest BCUT2D eigenvalue weighted by molar-refractivity contribution is 5.92. The predicted octanol–water partition coefficient (Wildman–Crippen LogP) is 3.96. The third kappa shape index (κ3) is 5.45. The minimum absolute atomic E-state index is 0.0847. The van der Waals surface area contributed by atoms with Crippen LogP contribution in [0.25, 0.3) is 0 Å². The van der Waals surface area contributed by atoms with Crippen LogP contribution in [0.1, 0.15) is 11.1 Å². The lowest BCUT2D eigenvalue weighted by Gasteiger charge is -2.10. The van der Waals surface area contributed by atoms with Gasteiger partial charge in [-0.15, -0.1) is 13.2 Å². The number of anilines is 1. The minimum Gasteiger partial charge on any atom is -0.406 e. The molecule has 3 N–H and O–H groups in total. The van der Waals surface area contributed by atoms with E-state index in [1.807, 2.05) is 0 Å².